The molecule has 1 aromatic carbocycles. The van der Waals surface area contributed by atoms with E-state index in [2.05, 4.69) is 52.3 Å². The number of hydrogen-bond acceptors (Lipinski definition) is 6. The van der Waals surface area contributed by atoms with Crippen molar-refractivity contribution in [3.05, 3.63) is 77.2 Å². The number of nitrogens with zero attached hydrogens (tertiary/aromatic N) is 3. The average molecular weight is 376 g/mol. The lowest BCUT2D eigenvalue weighted by atomic mass is 10.1. The lowest BCUT2D eigenvalue weighted by molar-refractivity contribution is 0.305. The first-order valence-electron chi connectivity index (χ1n) is 8.78. The summed E-state index contributed by atoms with van der Waals surface area (Å²) in [4.78, 5) is 15.1. The molecule has 0 saturated heterocycles. The van der Waals surface area contributed by atoms with E-state index in [9.17, 15) is 0 Å². The Morgan fingerprint density at radius 3 is 2.78 bits per heavy atom. The van der Waals surface area contributed by atoms with E-state index in [4.69, 9.17) is 4.74 Å². The van der Waals surface area contributed by atoms with Crippen LogP contribution in [0.25, 0.3) is 10.2 Å². The zero-order valence-corrected chi connectivity index (χ0v) is 16.0. The van der Waals surface area contributed by atoms with Crippen molar-refractivity contribution in [1.82, 2.24) is 15.0 Å². The van der Waals surface area contributed by atoms with E-state index >= 15 is 0 Å². The summed E-state index contributed by atoms with van der Waals surface area (Å²) < 4.78 is 5.83. The highest BCUT2D eigenvalue weighted by Crippen LogP contribution is 2.30. The SMILES string of the molecule is Cc1cc2c(NC(C)c3ccc(OCc4cccnc4)cc3)ncnc2s1. The molecule has 0 saturated carbocycles. The largest absolute Gasteiger partial charge is 0.489 e. The first kappa shape index (κ1) is 17.4. The van der Waals surface area contributed by atoms with Crippen LogP contribution in [0.15, 0.2) is 61.2 Å². The van der Waals surface area contributed by atoms with Gasteiger partial charge >= 0.3 is 0 Å². The fraction of sp³-hybridized carbons (Fsp3) is 0.190. The number of aromatic nitrogens is 3. The highest BCUT2D eigenvalue weighted by atomic mass is 32.1. The van der Waals surface area contributed by atoms with Crippen LogP contribution >= 0.6 is 11.3 Å². The number of ether oxygens (including phenoxy) is 1. The molecule has 0 aliphatic carbocycles. The maximum absolute atomic E-state index is 5.83. The Kier molecular flexibility index (Phi) is 4.98. The Labute approximate surface area is 162 Å². The number of anilines is 1. The number of thiophene rings is 1. The summed E-state index contributed by atoms with van der Waals surface area (Å²) in [6.07, 6.45) is 5.19. The quantitative estimate of drug-likeness (QED) is 0.504. The Morgan fingerprint density at radius 1 is 1.15 bits per heavy atom. The van der Waals surface area contributed by atoms with Gasteiger partial charge in [0, 0.05) is 28.9 Å². The van der Waals surface area contributed by atoms with Crippen molar-refractivity contribution in [3.63, 3.8) is 0 Å². The Bertz CT molecular complexity index is 1030. The predicted octanol–water partition coefficient (Wildman–Crippen LogP) is 5.15. The lowest BCUT2D eigenvalue weighted by Gasteiger charge is -2.16. The molecular formula is C21H20N4OS. The van der Waals surface area contributed by atoms with Crippen LogP contribution in [0.1, 0.15) is 29.0 Å². The van der Waals surface area contributed by atoms with Crippen molar-refractivity contribution in [2.24, 2.45) is 0 Å². The number of nitrogens with one attached hydrogen (secondary N) is 1. The van der Waals surface area contributed by atoms with Gasteiger partial charge in [-0.25, -0.2) is 9.97 Å². The van der Waals surface area contributed by atoms with Gasteiger partial charge < -0.3 is 10.1 Å². The molecule has 27 heavy (non-hydrogen) atoms. The Hall–Kier alpha value is -2.99. The Morgan fingerprint density at radius 2 is 2.00 bits per heavy atom. The zero-order valence-electron chi connectivity index (χ0n) is 15.2. The molecule has 4 aromatic rings. The van der Waals surface area contributed by atoms with E-state index in [0.29, 0.717) is 6.61 Å². The van der Waals surface area contributed by atoms with E-state index in [0.717, 1.165) is 27.3 Å². The summed E-state index contributed by atoms with van der Waals surface area (Å²) in [6, 6.07) is 14.3. The van der Waals surface area contributed by atoms with Gasteiger partial charge in [-0.1, -0.05) is 18.2 Å². The molecule has 0 fully saturated rings. The van der Waals surface area contributed by atoms with Gasteiger partial charge in [-0.05, 0) is 43.7 Å². The molecular weight excluding hydrogens is 356 g/mol. The number of benzene rings is 1. The van der Waals surface area contributed by atoms with Crippen molar-refractivity contribution in [1.29, 1.82) is 0 Å². The topological polar surface area (TPSA) is 59.9 Å². The highest BCUT2D eigenvalue weighted by molar-refractivity contribution is 7.18. The molecule has 4 rings (SSSR count). The van der Waals surface area contributed by atoms with Crippen molar-refractivity contribution >= 4 is 27.4 Å². The fourth-order valence-corrected chi connectivity index (χ4v) is 3.73. The van der Waals surface area contributed by atoms with Crippen LogP contribution in [0.5, 0.6) is 5.75 Å². The molecule has 0 bridgehead atoms. The zero-order chi connectivity index (χ0) is 18.6. The van der Waals surface area contributed by atoms with Crippen LogP contribution in [0.4, 0.5) is 5.82 Å². The van der Waals surface area contributed by atoms with E-state index in [1.54, 1.807) is 23.9 Å². The molecule has 0 aliphatic heterocycles. The molecule has 6 heteroatoms. The van der Waals surface area contributed by atoms with E-state index in [-0.39, 0.29) is 6.04 Å². The maximum Gasteiger partial charge on any atom is 0.138 e. The molecule has 0 radical (unpaired) electrons. The third-order valence-corrected chi connectivity index (χ3v) is 5.27. The molecule has 0 amide bonds. The van der Waals surface area contributed by atoms with Crippen LogP contribution in [0.2, 0.25) is 0 Å². The van der Waals surface area contributed by atoms with Crippen LogP contribution in [0, 0.1) is 6.92 Å². The molecule has 3 aromatic heterocycles. The van der Waals surface area contributed by atoms with E-state index < -0.39 is 0 Å². The minimum absolute atomic E-state index is 0.121. The second-order valence-corrected chi connectivity index (χ2v) is 7.62. The van der Waals surface area contributed by atoms with Crippen LogP contribution in [-0.2, 0) is 6.61 Å². The van der Waals surface area contributed by atoms with Gasteiger partial charge in [-0.15, -0.1) is 11.3 Å². The predicted molar refractivity (Wildman–Crippen MR) is 109 cm³/mol. The van der Waals surface area contributed by atoms with Gasteiger partial charge in [0.15, 0.2) is 0 Å². The summed E-state index contributed by atoms with van der Waals surface area (Å²) in [7, 11) is 0. The van der Waals surface area contributed by atoms with Gasteiger partial charge in [0.2, 0.25) is 0 Å². The molecule has 1 atom stereocenters. The monoisotopic (exact) mass is 376 g/mol. The van der Waals surface area contributed by atoms with Gasteiger partial charge in [-0.2, -0.15) is 0 Å². The van der Waals surface area contributed by atoms with Crippen molar-refractivity contribution in [2.75, 3.05) is 5.32 Å². The molecule has 1 N–H and O–H groups in total. The first-order chi connectivity index (χ1) is 13.2. The number of pyridine rings is 1. The molecule has 1 unspecified atom stereocenters. The summed E-state index contributed by atoms with van der Waals surface area (Å²) in [5.74, 6) is 1.71. The molecule has 3 heterocycles. The summed E-state index contributed by atoms with van der Waals surface area (Å²) >= 11 is 1.68. The van der Waals surface area contributed by atoms with Gasteiger partial charge in [0.05, 0.1) is 5.39 Å². The average Bonchev–Trinajstić information content (AvgIpc) is 3.09. The van der Waals surface area contributed by atoms with E-state index in [1.807, 2.05) is 30.5 Å². The normalized spacial score (nSPS) is 12.1. The third-order valence-electron chi connectivity index (χ3n) is 4.31. The van der Waals surface area contributed by atoms with Gasteiger partial charge in [-0.3, -0.25) is 4.98 Å². The second-order valence-electron chi connectivity index (χ2n) is 6.38. The van der Waals surface area contributed by atoms with Crippen LogP contribution in [0.3, 0.4) is 0 Å². The van der Waals surface area contributed by atoms with Crippen molar-refractivity contribution in [3.8, 4) is 5.75 Å². The van der Waals surface area contributed by atoms with Crippen LogP contribution in [-0.4, -0.2) is 15.0 Å². The first-order valence-corrected chi connectivity index (χ1v) is 9.60. The third kappa shape index (κ3) is 4.06. The minimum atomic E-state index is 0.121. The van der Waals surface area contributed by atoms with Crippen molar-refractivity contribution < 1.29 is 4.74 Å². The number of rotatable bonds is 6. The number of aryl methyl sites for hydroxylation is 1. The maximum atomic E-state index is 5.83. The lowest BCUT2D eigenvalue weighted by Crippen LogP contribution is -2.08. The molecule has 0 aliphatic rings. The standard InChI is InChI=1S/C21H20N4OS/c1-14-10-19-20(23-13-24-21(19)27-14)25-15(2)17-5-7-18(8-6-17)26-12-16-4-3-9-22-11-16/h3-11,13,15H,12H2,1-2H3,(H,23,24,25). The number of fused-ring (bicyclic) bond motifs is 1. The number of hydrogen-bond donors (Lipinski definition) is 1. The van der Waals surface area contributed by atoms with Crippen molar-refractivity contribution in [2.45, 2.75) is 26.5 Å². The van der Waals surface area contributed by atoms with Crippen LogP contribution < -0.4 is 10.1 Å². The van der Waals surface area contributed by atoms with E-state index in [1.165, 1.54) is 10.4 Å². The minimum Gasteiger partial charge on any atom is -0.489 e. The smallest absolute Gasteiger partial charge is 0.138 e. The fourth-order valence-electron chi connectivity index (χ4n) is 2.88. The Balaban J connectivity index is 1.43. The molecule has 136 valence electrons. The second kappa shape index (κ2) is 7.72. The highest BCUT2D eigenvalue weighted by Gasteiger charge is 2.11. The summed E-state index contributed by atoms with van der Waals surface area (Å²) in [5, 5.41) is 4.57. The van der Waals surface area contributed by atoms with Gasteiger partial charge in [0.1, 0.15) is 29.3 Å². The molecule has 5 nitrogen and oxygen atoms in total. The van der Waals surface area contributed by atoms with Gasteiger partial charge in [0.25, 0.3) is 0 Å². The molecule has 0 spiro atoms. The summed E-state index contributed by atoms with van der Waals surface area (Å²) in [5.41, 5.74) is 2.22. The summed E-state index contributed by atoms with van der Waals surface area (Å²) in [6.45, 7) is 4.72.